The van der Waals surface area contributed by atoms with Crippen LogP contribution < -0.4 is 0 Å². The molecule has 82 valence electrons. The Morgan fingerprint density at radius 1 is 1.47 bits per heavy atom. The molecule has 1 saturated carbocycles. The van der Waals surface area contributed by atoms with Gasteiger partial charge in [0.25, 0.3) is 0 Å². The van der Waals surface area contributed by atoms with Gasteiger partial charge in [-0.05, 0) is 18.8 Å². The first-order valence-electron chi connectivity index (χ1n) is 5.48. The highest BCUT2D eigenvalue weighted by Crippen LogP contribution is 2.42. The van der Waals surface area contributed by atoms with Crippen LogP contribution in [0.15, 0.2) is 6.20 Å². The van der Waals surface area contributed by atoms with E-state index in [2.05, 4.69) is 5.10 Å². The molecule has 0 N–H and O–H groups in total. The highest BCUT2D eigenvalue weighted by atomic mass is 16.1. The minimum Gasteiger partial charge on any atom is -0.292 e. The van der Waals surface area contributed by atoms with E-state index in [4.69, 9.17) is 0 Å². The maximum atomic E-state index is 12.2. The molecule has 0 saturated heterocycles. The van der Waals surface area contributed by atoms with Gasteiger partial charge >= 0.3 is 0 Å². The predicted octanol–water partition coefficient (Wildman–Crippen LogP) is 2.53. The van der Waals surface area contributed by atoms with E-state index in [1.54, 1.807) is 4.68 Å². The Morgan fingerprint density at radius 2 is 2.07 bits per heavy atom. The van der Waals surface area contributed by atoms with Crippen molar-refractivity contribution in [2.45, 2.75) is 39.5 Å². The molecular formula is C12H18N2O. The number of nitrogens with zero attached hydrogens (tertiary/aromatic N) is 2. The van der Waals surface area contributed by atoms with Crippen molar-refractivity contribution in [1.29, 1.82) is 0 Å². The van der Waals surface area contributed by atoms with E-state index in [1.165, 1.54) is 12.8 Å². The Labute approximate surface area is 90.5 Å². The number of aryl methyl sites for hydroxylation is 1. The quantitative estimate of drug-likeness (QED) is 0.697. The molecule has 3 heteroatoms. The summed E-state index contributed by atoms with van der Waals surface area (Å²) in [5, 5.41) is 4.21. The second-order valence-corrected chi connectivity index (χ2v) is 5.43. The van der Waals surface area contributed by atoms with Crippen molar-refractivity contribution in [3.05, 3.63) is 17.5 Å². The summed E-state index contributed by atoms with van der Waals surface area (Å²) in [5.41, 5.74) is 1.64. The van der Waals surface area contributed by atoms with E-state index in [0.717, 1.165) is 11.3 Å². The molecule has 1 aromatic heterocycles. The maximum absolute atomic E-state index is 12.2. The van der Waals surface area contributed by atoms with Crippen molar-refractivity contribution in [2.24, 2.45) is 12.5 Å². The molecule has 0 atom stereocenters. The van der Waals surface area contributed by atoms with Crippen LogP contribution in [-0.4, -0.2) is 15.6 Å². The zero-order valence-electron chi connectivity index (χ0n) is 9.87. The number of rotatable bonds is 2. The minimum atomic E-state index is -0.322. The lowest BCUT2D eigenvalue weighted by Crippen LogP contribution is -2.24. The van der Waals surface area contributed by atoms with Gasteiger partial charge in [0.2, 0.25) is 0 Å². The molecule has 1 aliphatic rings. The first-order valence-corrected chi connectivity index (χ1v) is 5.48. The Kier molecular flexibility index (Phi) is 2.21. The summed E-state index contributed by atoms with van der Waals surface area (Å²) in [6.45, 7) is 5.87. The molecule has 1 aliphatic carbocycles. The number of Topliss-reactive ketones (excluding diaryl/α,β-unsaturated/α-hetero) is 1. The van der Waals surface area contributed by atoms with Crippen LogP contribution in [0.4, 0.5) is 0 Å². The molecule has 1 aromatic rings. The van der Waals surface area contributed by atoms with Gasteiger partial charge in [0.1, 0.15) is 5.69 Å². The van der Waals surface area contributed by atoms with Gasteiger partial charge in [0.15, 0.2) is 5.78 Å². The molecule has 0 aromatic carbocycles. The zero-order valence-corrected chi connectivity index (χ0v) is 9.87. The third kappa shape index (κ3) is 1.83. The number of hydrogen-bond donors (Lipinski definition) is 0. The monoisotopic (exact) mass is 206 g/mol. The summed E-state index contributed by atoms with van der Waals surface area (Å²) < 4.78 is 1.72. The van der Waals surface area contributed by atoms with Gasteiger partial charge in [0.05, 0.1) is 6.20 Å². The summed E-state index contributed by atoms with van der Waals surface area (Å²) in [7, 11) is 1.85. The smallest absolute Gasteiger partial charge is 0.186 e. The fraction of sp³-hybridized carbons (Fsp3) is 0.667. The summed E-state index contributed by atoms with van der Waals surface area (Å²) >= 11 is 0. The first-order chi connectivity index (χ1) is 6.91. The molecule has 3 nitrogen and oxygen atoms in total. The van der Waals surface area contributed by atoms with Gasteiger partial charge in [-0.25, -0.2) is 0 Å². The van der Waals surface area contributed by atoms with Crippen LogP contribution >= 0.6 is 0 Å². The SMILES string of the molecule is Cn1ncc(C2CC2)c1C(=O)C(C)(C)C. The zero-order chi connectivity index (χ0) is 11.2. The summed E-state index contributed by atoms with van der Waals surface area (Å²) in [5.74, 6) is 0.782. The van der Waals surface area contributed by atoms with Gasteiger partial charge in [-0.2, -0.15) is 5.10 Å². The lowest BCUT2D eigenvalue weighted by molar-refractivity contribution is 0.0847. The van der Waals surface area contributed by atoms with Crippen LogP contribution in [0.25, 0.3) is 0 Å². The van der Waals surface area contributed by atoms with Crippen LogP contribution in [0.1, 0.15) is 55.6 Å². The number of aromatic nitrogens is 2. The second kappa shape index (κ2) is 3.19. The van der Waals surface area contributed by atoms with Gasteiger partial charge < -0.3 is 0 Å². The minimum absolute atomic E-state index is 0.199. The second-order valence-electron chi connectivity index (χ2n) is 5.43. The predicted molar refractivity (Wildman–Crippen MR) is 59.0 cm³/mol. The molecule has 0 amide bonds. The van der Waals surface area contributed by atoms with E-state index < -0.39 is 0 Å². The number of carbonyl (C=O) groups is 1. The summed E-state index contributed by atoms with van der Waals surface area (Å²) in [4.78, 5) is 12.2. The van der Waals surface area contributed by atoms with E-state index in [9.17, 15) is 4.79 Å². The van der Waals surface area contributed by atoms with Gasteiger partial charge in [-0.15, -0.1) is 0 Å². The Bertz CT molecular complexity index is 394. The number of hydrogen-bond acceptors (Lipinski definition) is 2. The molecule has 15 heavy (non-hydrogen) atoms. The summed E-state index contributed by atoms with van der Waals surface area (Å²) in [6.07, 6.45) is 4.27. The maximum Gasteiger partial charge on any atom is 0.186 e. The third-order valence-corrected chi connectivity index (χ3v) is 2.88. The summed E-state index contributed by atoms with van der Waals surface area (Å²) in [6, 6.07) is 0. The van der Waals surface area contributed by atoms with E-state index in [0.29, 0.717) is 5.92 Å². The molecule has 0 unspecified atom stereocenters. The van der Waals surface area contributed by atoms with Crippen molar-refractivity contribution in [2.75, 3.05) is 0 Å². The van der Waals surface area contributed by atoms with Crippen molar-refractivity contribution in [3.8, 4) is 0 Å². The highest BCUT2D eigenvalue weighted by molar-refractivity contribution is 5.99. The Balaban J connectivity index is 2.42. The third-order valence-electron chi connectivity index (χ3n) is 2.88. The van der Waals surface area contributed by atoms with Crippen molar-refractivity contribution >= 4 is 5.78 Å². The molecule has 0 aliphatic heterocycles. The standard InChI is InChI=1S/C12H18N2O/c1-12(2,3)11(15)10-9(8-5-6-8)7-13-14(10)4/h7-8H,5-6H2,1-4H3. The topological polar surface area (TPSA) is 34.9 Å². The lowest BCUT2D eigenvalue weighted by Gasteiger charge is -2.17. The van der Waals surface area contributed by atoms with Crippen LogP contribution in [0.2, 0.25) is 0 Å². The normalized spacial score (nSPS) is 16.8. The largest absolute Gasteiger partial charge is 0.292 e. The molecule has 0 bridgehead atoms. The molecule has 0 radical (unpaired) electrons. The van der Waals surface area contributed by atoms with Crippen molar-refractivity contribution in [1.82, 2.24) is 9.78 Å². The first kappa shape index (κ1) is 10.4. The Morgan fingerprint density at radius 3 is 2.53 bits per heavy atom. The number of ketones is 1. The van der Waals surface area contributed by atoms with E-state index in [1.807, 2.05) is 34.0 Å². The Hall–Kier alpha value is -1.12. The lowest BCUT2D eigenvalue weighted by atomic mass is 9.87. The van der Waals surface area contributed by atoms with Gasteiger partial charge in [0, 0.05) is 18.0 Å². The fourth-order valence-electron chi connectivity index (χ4n) is 1.78. The molecular weight excluding hydrogens is 188 g/mol. The van der Waals surface area contributed by atoms with Gasteiger partial charge in [-0.3, -0.25) is 9.48 Å². The van der Waals surface area contributed by atoms with Crippen molar-refractivity contribution in [3.63, 3.8) is 0 Å². The molecule has 0 spiro atoms. The van der Waals surface area contributed by atoms with E-state index >= 15 is 0 Å². The van der Waals surface area contributed by atoms with Crippen LogP contribution in [-0.2, 0) is 7.05 Å². The van der Waals surface area contributed by atoms with E-state index in [-0.39, 0.29) is 11.2 Å². The van der Waals surface area contributed by atoms with Crippen LogP contribution in [0, 0.1) is 5.41 Å². The molecule has 2 rings (SSSR count). The van der Waals surface area contributed by atoms with Crippen molar-refractivity contribution < 1.29 is 4.79 Å². The van der Waals surface area contributed by atoms with Crippen LogP contribution in [0.5, 0.6) is 0 Å². The van der Waals surface area contributed by atoms with Crippen LogP contribution in [0.3, 0.4) is 0 Å². The van der Waals surface area contributed by atoms with Gasteiger partial charge in [-0.1, -0.05) is 20.8 Å². The highest BCUT2D eigenvalue weighted by Gasteiger charge is 2.34. The molecule has 1 heterocycles. The number of carbonyl (C=O) groups excluding carboxylic acids is 1. The fourth-order valence-corrected chi connectivity index (χ4v) is 1.78. The molecule has 1 fully saturated rings. The average Bonchev–Trinajstić information content (AvgIpc) is 2.88. The average molecular weight is 206 g/mol.